The van der Waals surface area contributed by atoms with Crippen LogP contribution in [0, 0.1) is 11.8 Å². The summed E-state index contributed by atoms with van der Waals surface area (Å²) in [6.45, 7) is 4.64. The zero-order chi connectivity index (χ0) is 17.5. The van der Waals surface area contributed by atoms with Crippen LogP contribution in [0.25, 0.3) is 0 Å². The highest BCUT2D eigenvalue weighted by Crippen LogP contribution is 2.15. The number of rotatable bonds is 4. The summed E-state index contributed by atoms with van der Waals surface area (Å²) in [6.07, 6.45) is 1.79. The van der Waals surface area contributed by atoms with Gasteiger partial charge in [0.15, 0.2) is 0 Å². The number of anilines is 2. The van der Waals surface area contributed by atoms with Crippen molar-refractivity contribution in [2.75, 3.05) is 50.1 Å². The van der Waals surface area contributed by atoms with Crippen molar-refractivity contribution in [2.45, 2.75) is 6.54 Å². The average Bonchev–Trinajstić information content (AvgIpc) is 2.68. The van der Waals surface area contributed by atoms with Gasteiger partial charge in [-0.15, -0.1) is 0 Å². The van der Waals surface area contributed by atoms with Crippen LogP contribution in [0.1, 0.15) is 11.1 Å². The third kappa shape index (κ3) is 4.69. The fraction of sp³-hybridized carbons (Fsp3) is 0.368. The Hall–Kier alpha value is -2.62. The van der Waals surface area contributed by atoms with Crippen LogP contribution in [-0.4, -0.2) is 59.8 Å². The van der Waals surface area contributed by atoms with Gasteiger partial charge in [0, 0.05) is 51.5 Å². The molecule has 6 nitrogen and oxygen atoms in total. The number of hydrogen-bond donors (Lipinski definition) is 2. The first-order valence-corrected chi connectivity index (χ1v) is 8.45. The highest BCUT2D eigenvalue weighted by molar-refractivity contribution is 5.41. The summed E-state index contributed by atoms with van der Waals surface area (Å²) in [5.74, 6) is 7.22. The number of benzene rings is 1. The Morgan fingerprint density at radius 1 is 1.12 bits per heavy atom. The van der Waals surface area contributed by atoms with Crippen LogP contribution in [0.4, 0.5) is 11.8 Å². The first-order chi connectivity index (χ1) is 12.3. The molecular weight excluding hydrogens is 314 g/mol. The van der Waals surface area contributed by atoms with Gasteiger partial charge >= 0.3 is 0 Å². The Kier molecular flexibility index (Phi) is 5.83. The maximum absolute atomic E-state index is 8.73. The van der Waals surface area contributed by atoms with E-state index in [1.165, 1.54) is 5.56 Å². The number of aromatic nitrogens is 2. The summed E-state index contributed by atoms with van der Waals surface area (Å²) in [4.78, 5) is 13.6. The number of aliphatic hydroxyl groups excluding tert-OH is 1. The number of piperazine rings is 1. The zero-order valence-corrected chi connectivity index (χ0v) is 14.4. The highest BCUT2D eigenvalue weighted by atomic mass is 16.2. The van der Waals surface area contributed by atoms with Crippen LogP contribution < -0.4 is 10.2 Å². The quantitative estimate of drug-likeness (QED) is 0.817. The lowest BCUT2D eigenvalue weighted by atomic mass is 10.1. The second-order valence-electron chi connectivity index (χ2n) is 5.91. The molecule has 0 spiro atoms. The summed E-state index contributed by atoms with van der Waals surface area (Å²) in [5, 5.41) is 11.8. The second-order valence-corrected chi connectivity index (χ2v) is 5.91. The van der Waals surface area contributed by atoms with E-state index in [1.807, 2.05) is 25.2 Å². The van der Waals surface area contributed by atoms with Gasteiger partial charge in [-0.2, -0.15) is 4.98 Å². The molecule has 0 amide bonds. The second kappa shape index (κ2) is 8.47. The molecule has 1 fully saturated rings. The molecule has 6 heteroatoms. The topological polar surface area (TPSA) is 64.5 Å². The Morgan fingerprint density at radius 3 is 2.56 bits per heavy atom. The third-order valence-corrected chi connectivity index (χ3v) is 4.23. The van der Waals surface area contributed by atoms with E-state index in [0.29, 0.717) is 0 Å². The van der Waals surface area contributed by atoms with Crippen LogP contribution in [-0.2, 0) is 6.54 Å². The van der Waals surface area contributed by atoms with Gasteiger partial charge in [0.2, 0.25) is 5.95 Å². The van der Waals surface area contributed by atoms with E-state index in [0.717, 1.165) is 50.1 Å². The van der Waals surface area contributed by atoms with Gasteiger partial charge in [-0.1, -0.05) is 24.0 Å². The van der Waals surface area contributed by atoms with Gasteiger partial charge in [0.25, 0.3) is 0 Å². The maximum atomic E-state index is 8.73. The van der Waals surface area contributed by atoms with Gasteiger partial charge in [0.05, 0.1) is 0 Å². The van der Waals surface area contributed by atoms with E-state index >= 15 is 0 Å². The number of nitrogens with one attached hydrogen (secondary N) is 1. The van der Waals surface area contributed by atoms with Crippen molar-refractivity contribution in [2.24, 2.45) is 0 Å². The van der Waals surface area contributed by atoms with Crippen molar-refractivity contribution in [1.29, 1.82) is 0 Å². The van der Waals surface area contributed by atoms with E-state index < -0.39 is 0 Å². The number of hydrogen-bond acceptors (Lipinski definition) is 6. The van der Waals surface area contributed by atoms with Crippen LogP contribution >= 0.6 is 0 Å². The van der Waals surface area contributed by atoms with E-state index in [1.54, 1.807) is 6.20 Å². The van der Waals surface area contributed by atoms with E-state index in [2.05, 4.69) is 49.1 Å². The van der Waals surface area contributed by atoms with Crippen LogP contribution in [0.3, 0.4) is 0 Å². The lowest BCUT2D eigenvalue weighted by Crippen LogP contribution is -2.46. The predicted octanol–water partition coefficient (Wildman–Crippen LogP) is 1.18. The van der Waals surface area contributed by atoms with Crippen molar-refractivity contribution in [3.8, 4) is 11.8 Å². The summed E-state index contributed by atoms with van der Waals surface area (Å²) in [6, 6.07) is 10.1. The lowest BCUT2D eigenvalue weighted by molar-refractivity contribution is 0.248. The zero-order valence-electron chi connectivity index (χ0n) is 14.4. The Morgan fingerprint density at radius 2 is 1.88 bits per heavy atom. The van der Waals surface area contributed by atoms with E-state index in [-0.39, 0.29) is 6.61 Å². The Balaban J connectivity index is 1.53. The fourth-order valence-corrected chi connectivity index (χ4v) is 2.84. The van der Waals surface area contributed by atoms with Crippen LogP contribution in [0.5, 0.6) is 0 Å². The van der Waals surface area contributed by atoms with Gasteiger partial charge in [-0.25, -0.2) is 4.98 Å². The summed E-state index contributed by atoms with van der Waals surface area (Å²) >= 11 is 0. The lowest BCUT2D eigenvalue weighted by Gasteiger charge is -2.34. The van der Waals surface area contributed by atoms with Gasteiger partial charge in [-0.3, -0.25) is 4.90 Å². The van der Waals surface area contributed by atoms with Gasteiger partial charge < -0.3 is 15.3 Å². The molecule has 0 radical (unpaired) electrons. The van der Waals surface area contributed by atoms with Crippen molar-refractivity contribution in [3.63, 3.8) is 0 Å². The molecule has 1 saturated heterocycles. The van der Waals surface area contributed by atoms with Crippen molar-refractivity contribution in [3.05, 3.63) is 47.7 Å². The molecular formula is C19H23N5O. The van der Waals surface area contributed by atoms with Crippen molar-refractivity contribution >= 4 is 11.8 Å². The number of aliphatic hydroxyl groups is 1. The molecule has 0 saturated carbocycles. The molecule has 2 heterocycles. The standard InChI is InChI=1S/C19H23N5O/c1-20-18-8-9-21-19(22-18)24-12-10-23(11-13-24)15-17-6-4-16(5-7-17)3-2-14-25/h4-9,25H,10-15H2,1H3,(H,20,21,22). The molecule has 0 atom stereocenters. The first kappa shape index (κ1) is 17.2. The molecule has 2 N–H and O–H groups in total. The molecule has 0 unspecified atom stereocenters. The smallest absolute Gasteiger partial charge is 0.227 e. The number of nitrogens with zero attached hydrogens (tertiary/aromatic N) is 4. The molecule has 1 aromatic carbocycles. The Labute approximate surface area is 148 Å². The largest absolute Gasteiger partial charge is 0.384 e. The van der Waals surface area contributed by atoms with E-state index in [9.17, 15) is 0 Å². The molecule has 25 heavy (non-hydrogen) atoms. The van der Waals surface area contributed by atoms with Crippen LogP contribution in [0.2, 0.25) is 0 Å². The first-order valence-electron chi connectivity index (χ1n) is 8.45. The summed E-state index contributed by atoms with van der Waals surface area (Å²) < 4.78 is 0. The molecule has 1 aliphatic rings. The summed E-state index contributed by atoms with van der Waals surface area (Å²) in [5.41, 5.74) is 2.21. The molecule has 1 aromatic heterocycles. The normalized spacial score (nSPS) is 14.7. The minimum atomic E-state index is -0.104. The highest BCUT2D eigenvalue weighted by Gasteiger charge is 2.19. The van der Waals surface area contributed by atoms with Crippen LogP contribution in [0.15, 0.2) is 36.5 Å². The van der Waals surface area contributed by atoms with E-state index in [4.69, 9.17) is 5.11 Å². The molecule has 2 aromatic rings. The monoisotopic (exact) mass is 337 g/mol. The minimum Gasteiger partial charge on any atom is -0.384 e. The van der Waals surface area contributed by atoms with Gasteiger partial charge in [0.1, 0.15) is 12.4 Å². The Bertz CT molecular complexity index is 742. The maximum Gasteiger partial charge on any atom is 0.227 e. The van der Waals surface area contributed by atoms with Gasteiger partial charge in [-0.05, 0) is 23.8 Å². The third-order valence-electron chi connectivity index (χ3n) is 4.23. The molecule has 3 rings (SSSR count). The average molecular weight is 337 g/mol. The molecule has 130 valence electrons. The minimum absolute atomic E-state index is 0.104. The van der Waals surface area contributed by atoms with Crippen molar-refractivity contribution < 1.29 is 5.11 Å². The summed E-state index contributed by atoms with van der Waals surface area (Å²) in [7, 11) is 1.87. The fourth-order valence-electron chi connectivity index (χ4n) is 2.84. The van der Waals surface area contributed by atoms with Crippen molar-refractivity contribution in [1.82, 2.24) is 14.9 Å². The molecule has 0 aliphatic carbocycles. The molecule has 1 aliphatic heterocycles. The predicted molar refractivity (Wildman–Crippen MR) is 99.5 cm³/mol. The SMILES string of the molecule is CNc1ccnc(N2CCN(Cc3ccc(C#CCO)cc3)CC2)n1. The molecule has 0 bridgehead atoms.